The van der Waals surface area contributed by atoms with Gasteiger partial charge in [-0.15, -0.1) is 0 Å². The van der Waals surface area contributed by atoms with Gasteiger partial charge in [0.2, 0.25) is 0 Å². The molecule has 1 saturated heterocycles. The monoisotopic (exact) mass is 267 g/mol. The van der Waals surface area contributed by atoms with Gasteiger partial charge in [0, 0.05) is 42.1 Å². The summed E-state index contributed by atoms with van der Waals surface area (Å²) in [6.45, 7) is 2.18. The number of nitrogens with zero attached hydrogens (tertiary/aromatic N) is 1. The molecule has 0 aromatic rings. The van der Waals surface area contributed by atoms with Crippen molar-refractivity contribution in [3.8, 4) is 0 Å². The lowest BCUT2D eigenvalue weighted by Gasteiger charge is -2.23. The maximum atomic E-state index is 5.75. The number of hydrogen-bond acceptors (Lipinski definition) is 2. The lowest BCUT2D eigenvalue weighted by atomic mass is 10.2. The Morgan fingerprint density at radius 2 is 2.18 bits per heavy atom. The summed E-state index contributed by atoms with van der Waals surface area (Å²) >= 11 is 2.45. The normalized spacial score (nSPS) is 40.1. The van der Waals surface area contributed by atoms with Crippen LogP contribution in [0, 0.1) is 0 Å². The molecule has 1 saturated carbocycles. The number of ether oxygens (including phenoxy) is 1. The molecule has 3 heteroatoms. The summed E-state index contributed by atoms with van der Waals surface area (Å²) in [6.07, 6.45) is 5.73. The number of hydrogen-bond donors (Lipinski definition) is 0. The van der Waals surface area contributed by atoms with Gasteiger partial charge >= 0.3 is 0 Å². The Kier molecular flexibility index (Phi) is 2.69. The summed E-state index contributed by atoms with van der Waals surface area (Å²) in [6, 6.07) is 0.720. The van der Waals surface area contributed by atoms with Crippen LogP contribution in [0.5, 0.6) is 0 Å². The van der Waals surface area contributed by atoms with Crippen LogP contribution >= 0.6 is 22.9 Å². The average molecular weight is 267 g/mol. The highest BCUT2D eigenvalue weighted by Gasteiger charge is 2.33. The van der Waals surface area contributed by atoms with Crippen molar-refractivity contribution >= 4 is 22.9 Å². The molecule has 1 aliphatic heterocycles. The molecule has 1 aliphatic carbocycles. The molecule has 11 heavy (non-hydrogen) atoms. The van der Waals surface area contributed by atoms with E-state index >= 15 is 0 Å². The second-order valence-electron chi connectivity index (χ2n) is 3.38. The van der Waals surface area contributed by atoms with Crippen LogP contribution in [0.25, 0.3) is 0 Å². The zero-order valence-electron chi connectivity index (χ0n) is 6.63. The lowest BCUT2D eigenvalue weighted by molar-refractivity contribution is 0.0498. The molecule has 2 aliphatic rings. The van der Waals surface area contributed by atoms with E-state index in [1.165, 1.54) is 32.2 Å². The van der Waals surface area contributed by atoms with E-state index in [0.717, 1.165) is 12.6 Å². The summed E-state index contributed by atoms with van der Waals surface area (Å²) < 4.78 is 8.20. The first-order valence-electron chi connectivity index (χ1n) is 4.42. The van der Waals surface area contributed by atoms with Crippen molar-refractivity contribution in [3.05, 3.63) is 0 Å². The summed E-state index contributed by atoms with van der Waals surface area (Å²) in [5.74, 6) is 0. The fourth-order valence-corrected chi connectivity index (χ4v) is 3.02. The van der Waals surface area contributed by atoms with Crippen LogP contribution in [0.1, 0.15) is 25.7 Å². The maximum Gasteiger partial charge on any atom is 0.0738 e. The SMILES string of the molecule is IN1CCCO[C@H]2CCC[C@@H]21. The number of fused-ring (bicyclic) bond motifs is 1. The third-order valence-electron chi connectivity index (χ3n) is 2.63. The van der Waals surface area contributed by atoms with Gasteiger partial charge in [-0.25, -0.2) is 3.11 Å². The Morgan fingerprint density at radius 1 is 1.27 bits per heavy atom. The first kappa shape index (κ1) is 8.26. The van der Waals surface area contributed by atoms with E-state index in [9.17, 15) is 0 Å². The van der Waals surface area contributed by atoms with E-state index in [4.69, 9.17) is 4.74 Å². The predicted octanol–water partition coefficient (Wildman–Crippen LogP) is 1.98. The van der Waals surface area contributed by atoms with Crippen molar-refractivity contribution in [2.45, 2.75) is 37.8 Å². The molecule has 2 nitrogen and oxygen atoms in total. The van der Waals surface area contributed by atoms with Crippen molar-refractivity contribution < 1.29 is 4.74 Å². The molecular formula is C8H14INO. The fraction of sp³-hybridized carbons (Fsp3) is 1.00. The van der Waals surface area contributed by atoms with Crippen LogP contribution in [0.2, 0.25) is 0 Å². The van der Waals surface area contributed by atoms with Crippen molar-refractivity contribution in [1.29, 1.82) is 0 Å². The van der Waals surface area contributed by atoms with Gasteiger partial charge in [-0.05, 0) is 25.7 Å². The highest BCUT2D eigenvalue weighted by Crippen LogP contribution is 2.30. The Bertz CT molecular complexity index is 142. The van der Waals surface area contributed by atoms with E-state index < -0.39 is 0 Å². The molecule has 0 amide bonds. The second kappa shape index (κ2) is 3.58. The molecule has 0 aromatic heterocycles. The molecule has 2 fully saturated rings. The van der Waals surface area contributed by atoms with Crippen LogP contribution < -0.4 is 0 Å². The van der Waals surface area contributed by atoms with Gasteiger partial charge in [0.05, 0.1) is 6.10 Å². The second-order valence-corrected chi connectivity index (χ2v) is 4.62. The fourth-order valence-electron chi connectivity index (χ4n) is 2.04. The van der Waals surface area contributed by atoms with Crippen LogP contribution in [0.4, 0.5) is 0 Å². The van der Waals surface area contributed by atoms with Crippen LogP contribution in [-0.4, -0.2) is 28.4 Å². The van der Waals surface area contributed by atoms with Gasteiger partial charge in [0.25, 0.3) is 0 Å². The number of halogens is 1. The van der Waals surface area contributed by atoms with Crippen LogP contribution in [0.3, 0.4) is 0 Å². The molecule has 0 radical (unpaired) electrons. The Hall–Kier alpha value is 0.650. The molecule has 0 N–H and O–H groups in total. The predicted molar refractivity (Wildman–Crippen MR) is 52.7 cm³/mol. The van der Waals surface area contributed by atoms with Gasteiger partial charge in [0.15, 0.2) is 0 Å². The van der Waals surface area contributed by atoms with Gasteiger partial charge in [0.1, 0.15) is 0 Å². The van der Waals surface area contributed by atoms with E-state index in [1.807, 2.05) is 0 Å². The average Bonchev–Trinajstić information content (AvgIpc) is 2.40. The molecular weight excluding hydrogens is 253 g/mol. The van der Waals surface area contributed by atoms with E-state index in [2.05, 4.69) is 26.0 Å². The standard InChI is InChI=1S/C8H14INO/c9-10-5-2-6-11-8-4-1-3-7(8)10/h7-8H,1-6H2/t7-,8-/m0/s1. The van der Waals surface area contributed by atoms with Crippen molar-refractivity contribution in [2.24, 2.45) is 0 Å². The molecule has 0 bridgehead atoms. The largest absolute Gasteiger partial charge is 0.377 e. The smallest absolute Gasteiger partial charge is 0.0738 e. The third-order valence-corrected chi connectivity index (χ3v) is 3.82. The third kappa shape index (κ3) is 1.70. The van der Waals surface area contributed by atoms with Crippen molar-refractivity contribution in [1.82, 2.24) is 3.11 Å². The molecule has 2 rings (SSSR count). The van der Waals surface area contributed by atoms with Gasteiger partial charge < -0.3 is 4.74 Å². The zero-order chi connectivity index (χ0) is 7.68. The topological polar surface area (TPSA) is 12.5 Å². The maximum absolute atomic E-state index is 5.75. The minimum atomic E-state index is 0.550. The van der Waals surface area contributed by atoms with Gasteiger partial charge in [-0.3, -0.25) is 0 Å². The molecule has 0 spiro atoms. The molecule has 64 valence electrons. The zero-order valence-corrected chi connectivity index (χ0v) is 8.79. The molecule has 1 heterocycles. The van der Waals surface area contributed by atoms with Crippen molar-refractivity contribution in [2.75, 3.05) is 13.2 Å². The first-order chi connectivity index (χ1) is 5.38. The van der Waals surface area contributed by atoms with E-state index in [1.54, 1.807) is 0 Å². The minimum Gasteiger partial charge on any atom is -0.377 e. The van der Waals surface area contributed by atoms with Crippen molar-refractivity contribution in [3.63, 3.8) is 0 Å². The van der Waals surface area contributed by atoms with E-state index in [0.29, 0.717) is 6.10 Å². The summed E-state index contributed by atoms with van der Waals surface area (Å²) in [5.41, 5.74) is 0. The Morgan fingerprint density at radius 3 is 3.09 bits per heavy atom. The molecule has 2 atom stereocenters. The Balaban J connectivity index is 2.03. The molecule has 0 unspecified atom stereocenters. The van der Waals surface area contributed by atoms with E-state index in [-0.39, 0.29) is 0 Å². The lowest BCUT2D eigenvalue weighted by Crippen LogP contribution is -2.32. The number of rotatable bonds is 0. The molecule has 0 aromatic carbocycles. The highest BCUT2D eigenvalue weighted by atomic mass is 127. The highest BCUT2D eigenvalue weighted by molar-refractivity contribution is 14.1. The summed E-state index contributed by atoms with van der Waals surface area (Å²) in [4.78, 5) is 0. The van der Waals surface area contributed by atoms with Gasteiger partial charge in [-0.1, -0.05) is 0 Å². The quantitative estimate of drug-likeness (QED) is 0.491. The minimum absolute atomic E-state index is 0.550. The van der Waals surface area contributed by atoms with Crippen LogP contribution in [-0.2, 0) is 4.74 Å². The van der Waals surface area contributed by atoms with Gasteiger partial charge in [-0.2, -0.15) is 0 Å². The summed E-state index contributed by atoms with van der Waals surface area (Å²) in [7, 11) is 0. The Labute approximate surface area is 81.8 Å². The van der Waals surface area contributed by atoms with Crippen LogP contribution in [0.15, 0.2) is 0 Å². The first-order valence-corrected chi connectivity index (χ1v) is 5.38. The summed E-state index contributed by atoms with van der Waals surface area (Å²) in [5, 5.41) is 0.